The first kappa shape index (κ1) is 23.9. The highest BCUT2D eigenvalue weighted by atomic mass is 32.1. The van der Waals surface area contributed by atoms with Crippen LogP contribution >= 0.6 is 11.5 Å². The van der Waals surface area contributed by atoms with E-state index in [0.29, 0.717) is 5.69 Å². The molecule has 1 N–H and O–H groups in total. The monoisotopic (exact) mass is 460 g/mol. The Hall–Kier alpha value is -3.72. The summed E-state index contributed by atoms with van der Waals surface area (Å²) in [4.78, 5) is 29.7. The first-order valence-electron chi connectivity index (χ1n) is 10.5. The van der Waals surface area contributed by atoms with Crippen LogP contribution in [0.15, 0.2) is 54.6 Å². The number of carbonyl (C=O) groups is 1. The summed E-state index contributed by atoms with van der Waals surface area (Å²) in [6.07, 6.45) is 1.79. The van der Waals surface area contributed by atoms with E-state index in [9.17, 15) is 4.79 Å². The lowest BCUT2D eigenvalue weighted by Crippen LogP contribution is -2.16. The van der Waals surface area contributed by atoms with Crippen LogP contribution in [0.25, 0.3) is 10.4 Å². The Labute approximate surface area is 197 Å². The molecule has 1 unspecified atom stereocenters. The van der Waals surface area contributed by atoms with Crippen molar-refractivity contribution in [3.05, 3.63) is 71.4 Å². The maximum Gasteiger partial charge on any atom is 0.412 e. The van der Waals surface area contributed by atoms with Crippen molar-refractivity contribution in [2.75, 3.05) is 5.32 Å². The van der Waals surface area contributed by atoms with E-state index in [1.807, 2.05) is 68.4 Å². The molecule has 0 radical (unpaired) electrons. The zero-order valence-corrected chi connectivity index (χ0v) is 19.5. The van der Waals surface area contributed by atoms with Gasteiger partial charge in [0, 0.05) is 11.0 Å². The van der Waals surface area contributed by atoms with Gasteiger partial charge in [0.15, 0.2) is 0 Å². The quantitative estimate of drug-likeness (QED) is 0.483. The van der Waals surface area contributed by atoms with Gasteiger partial charge in [0.2, 0.25) is 0 Å². The molecule has 0 aliphatic heterocycles. The molecule has 1 fully saturated rings. The number of rotatable bonds is 4. The largest absolute Gasteiger partial charge is 0.441 e. The van der Waals surface area contributed by atoms with E-state index in [4.69, 9.17) is 14.3 Å². The molecule has 3 aromatic rings. The minimum atomic E-state index is -0.490. The van der Waals surface area contributed by atoms with E-state index in [1.54, 1.807) is 0 Å². The predicted molar refractivity (Wildman–Crippen MR) is 126 cm³/mol. The van der Waals surface area contributed by atoms with Crippen LogP contribution in [0.2, 0.25) is 0 Å². The molecule has 6 nitrogen and oxygen atoms in total. The molecule has 4 rings (SSSR count). The van der Waals surface area contributed by atoms with Crippen molar-refractivity contribution in [3.63, 3.8) is 0 Å². The van der Waals surface area contributed by atoms with Crippen molar-refractivity contribution in [2.45, 2.75) is 39.7 Å². The van der Waals surface area contributed by atoms with Gasteiger partial charge in [-0.15, -0.1) is 0 Å². The second-order valence-corrected chi connectivity index (χ2v) is 8.80. The normalized spacial score (nSPS) is 13.8. The van der Waals surface area contributed by atoms with Crippen molar-refractivity contribution >= 4 is 29.5 Å². The third kappa shape index (κ3) is 6.63. The SMILES string of the molecule is Cc1nsc(-c2ccc(C#CC3(C)CC3)cc2)c1NC(=O)OC(C)c1ccccc1.O=C=O. The number of aryl methyl sites for hydroxylation is 1. The summed E-state index contributed by atoms with van der Waals surface area (Å²) in [5.41, 5.74) is 4.61. The number of amides is 1. The summed E-state index contributed by atoms with van der Waals surface area (Å²) in [5, 5.41) is 2.88. The lowest BCUT2D eigenvalue weighted by Gasteiger charge is -2.14. The summed E-state index contributed by atoms with van der Waals surface area (Å²) < 4.78 is 9.98. The highest BCUT2D eigenvalue weighted by Gasteiger charge is 2.35. The van der Waals surface area contributed by atoms with Crippen LogP contribution in [-0.4, -0.2) is 16.6 Å². The molecular weight excluding hydrogens is 436 g/mol. The Morgan fingerprint density at radius 1 is 1.12 bits per heavy atom. The standard InChI is InChI=1S/C25H24N2O2S.CO2/c1-17-22(26-24(28)29-18(2)20-7-5-4-6-8-20)23(30-27-17)21-11-9-19(10-12-21)13-14-25(3)15-16-25;2-1-3/h4-12,18H,15-16H2,1-3H3,(H,26,28);. The number of anilines is 1. The molecule has 2 aromatic carbocycles. The van der Waals surface area contributed by atoms with Gasteiger partial charge in [-0.1, -0.05) is 54.3 Å². The first-order valence-corrected chi connectivity index (χ1v) is 11.2. The van der Waals surface area contributed by atoms with Crippen LogP contribution in [0.3, 0.4) is 0 Å². The molecule has 0 bridgehead atoms. The zero-order chi connectivity index (χ0) is 23.8. The van der Waals surface area contributed by atoms with E-state index < -0.39 is 6.09 Å². The number of benzene rings is 2. The number of carbonyl (C=O) groups excluding carboxylic acids is 3. The van der Waals surface area contributed by atoms with Gasteiger partial charge in [0.1, 0.15) is 6.10 Å². The van der Waals surface area contributed by atoms with Gasteiger partial charge in [0.05, 0.1) is 16.3 Å². The van der Waals surface area contributed by atoms with Crippen LogP contribution < -0.4 is 5.32 Å². The average molecular weight is 461 g/mol. The highest BCUT2D eigenvalue weighted by Crippen LogP contribution is 2.44. The summed E-state index contributed by atoms with van der Waals surface area (Å²) in [7, 11) is 0. The molecule has 33 heavy (non-hydrogen) atoms. The fraction of sp³-hybridized carbons (Fsp3) is 0.269. The van der Waals surface area contributed by atoms with E-state index in [1.165, 1.54) is 24.4 Å². The summed E-state index contributed by atoms with van der Waals surface area (Å²) in [5.74, 6) is 6.61. The van der Waals surface area contributed by atoms with E-state index >= 15 is 0 Å². The predicted octanol–water partition coefficient (Wildman–Crippen LogP) is 6.00. The third-order valence-corrected chi connectivity index (χ3v) is 6.29. The number of hydrogen-bond donors (Lipinski definition) is 1. The third-order valence-electron chi connectivity index (χ3n) is 5.30. The molecule has 7 heteroatoms. The average Bonchev–Trinajstić information content (AvgIpc) is 3.45. The topological polar surface area (TPSA) is 85.4 Å². The van der Waals surface area contributed by atoms with Gasteiger partial charge in [-0.05, 0) is 68.4 Å². The molecule has 0 saturated heterocycles. The highest BCUT2D eigenvalue weighted by molar-refractivity contribution is 7.10. The Kier molecular flexibility index (Phi) is 7.78. The first-order chi connectivity index (χ1) is 15.8. The Morgan fingerprint density at radius 2 is 1.76 bits per heavy atom. The van der Waals surface area contributed by atoms with Crippen LogP contribution in [0.1, 0.15) is 49.6 Å². The van der Waals surface area contributed by atoms with Crippen LogP contribution in [0.5, 0.6) is 0 Å². The molecule has 1 atom stereocenters. The maximum absolute atomic E-state index is 12.5. The second-order valence-electron chi connectivity index (χ2n) is 8.03. The number of ether oxygens (including phenoxy) is 1. The number of aromatic nitrogens is 1. The molecule has 0 spiro atoms. The molecule has 1 saturated carbocycles. The lowest BCUT2D eigenvalue weighted by molar-refractivity contribution is -0.191. The fourth-order valence-electron chi connectivity index (χ4n) is 3.04. The molecule has 168 valence electrons. The zero-order valence-electron chi connectivity index (χ0n) is 18.7. The van der Waals surface area contributed by atoms with Crippen LogP contribution in [0, 0.1) is 24.2 Å². The van der Waals surface area contributed by atoms with Crippen molar-refractivity contribution < 1.29 is 19.1 Å². The van der Waals surface area contributed by atoms with Crippen molar-refractivity contribution in [3.8, 4) is 22.3 Å². The molecule has 1 heterocycles. The minimum Gasteiger partial charge on any atom is -0.441 e. The second kappa shape index (κ2) is 10.7. The van der Waals surface area contributed by atoms with Gasteiger partial charge < -0.3 is 4.74 Å². The van der Waals surface area contributed by atoms with E-state index in [-0.39, 0.29) is 17.7 Å². The van der Waals surface area contributed by atoms with Crippen molar-refractivity contribution in [1.29, 1.82) is 0 Å². The maximum atomic E-state index is 12.5. The minimum absolute atomic E-state index is 0.210. The Morgan fingerprint density at radius 3 is 2.36 bits per heavy atom. The van der Waals surface area contributed by atoms with Crippen LogP contribution in [0.4, 0.5) is 10.5 Å². The van der Waals surface area contributed by atoms with Gasteiger partial charge >= 0.3 is 12.2 Å². The van der Waals surface area contributed by atoms with E-state index in [2.05, 4.69) is 28.5 Å². The fourth-order valence-corrected chi connectivity index (χ4v) is 3.89. The molecule has 1 aliphatic rings. The van der Waals surface area contributed by atoms with Gasteiger partial charge in [-0.2, -0.15) is 14.0 Å². The van der Waals surface area contributed by atoms with E-state index in [0.717, 1.165) is 27.3 Å². The number of nitrogens with zero attached hydrogens (tertiary/aromatic N) is 1. The number of hydrogen-bond acceptors (Lipinski definition) is 6. The van der Waals surface area contributed by atoms with Gasteiger partial charge in [-0.3, -0.25) is 5.32 Å². The van der Waals surface area contributed by atoms with Crippen LogP contribution in [-0.2, 0) is 14.3 Å². The molecule has 1 aromatic heterocycles. The Bertz CT molecular complexity index is 1200. The Balaban J connectivity index is 0.000000968. The summed E-state index contributed by atoms with van der Waals surface area (Å²) in [6, 6.07) is 17.8. The van der Waals surface area contributed by atoms with Crippen molar-refractivity contribution in [1.82, 2.24) is 4.37 Å². The lowest BCUT2D eigenvalue weighted by atomic mass is 10.1. The number of nitrogens with one attached hydrogen (secondary N) is 1. The van der Waals surface area contributed by atoms with Crippen molar-refractivity contribution in [2.24, 2.45) is 5.41 Å². The summed E-state index contributed by atoms with van der Waals surface area (Å²) >= 11 is 1.36. The summed E-state index contributed by atoms with van der Waals surface area (Å²) in [6.45, 7) is 5.94. The van der Waals surface area contributed by atoms with Gasteiger partial charge in [0.25, 0.3) is 0 Å². The smallest absolute Gasteiger partial charge is 0.412 e. The molecule has 1 aliphatic carbocycles. The molecular formula is C26H24N2O4S. The molecule has 1 amide bonds. The van der Waals surface area contributed by atoms with Gasteiger partial charge in [-0.25, -0.2) is 4.79 Å².